The second-order valence-electron chi connectivity index (χ2n) is 5.10. The second-order valence-corrected chi connectivity index (χ2v) is 6.04. The van der Waals surface area contributed by atoms with Gasteiger partial charge in [0.25, 0.3) is 5.56 Å². The van der Waals surface area contributed by atoms with Crippen molar-refractivity contribution in [2.24, 2.45) is 0 Å². The van der Waals surface area contributed by atoms with Crippen molar-refractivity contribution in [3.63, 3.8) is 0 Å². The zero-order valence-electron chi connectivity index (χ0n) is 11.6. The van der Waals surface area contributed by atoms with Crippen LogP contribution in [0.2, 0.25) is 0 Å². The third-order valence-corrected chi connectivity index (χ3v) is 4.15. The van der Waals surface area contributed by atoms with Gasteiger partial charge in [0, 0.05) is 23.0 Å². The number of rotatable bonds is 2. The van der Waals surface area contributed by atoms with E-state index in [0.29, 0.717) is 5.82 Å². The molecule has 0 saturated heterocycles. The Morgan fingerprint density at radius 3 is 2.85 bits per heavy atom. The van der Waals surface area contributed by atoms with Crippen molar-refractivity contribution in [1.82, 2.24) is 15.0 Å². The van der Waals surface area contributed by atoms with Crippen molar-refractivity contribution >= 4 is 21.6 Å². The van der Waals surface area contributed by atoms with E-state index in [1.807, 2.05) is 38.3 Å². The molecule has 0 atom stereocenters. The first-order chi connectivity index (χ1) is 9.56. The lowest BCUT2D eigenvalue weighted by atomic mass is 10.0. The molecule has 0 aliphatic rings. The molecule has 0 bridgehead atoms. The Morgan fingerprint density at radius 2 is 2.15 bits per heavy atom. The van der Waals surface area contributed by atoms with E-state index < -0.39 is 0 Å². The first-order valence-electron chi connectivity index (χ1n) is 6.50. The summed E-state index contributed by atoms with van der Waals surface area (Å²) in [7, 11) is 0. The number of thiophene rings is 1. The van der Waals surface area contributed by atoms with E-state index in [9.17, 15) is 4.79 Å². The van der Waals surface area contributed by atoms with Crippen LogP contribution in [0.3, 0.4) is 0 Å². The smallest absolute Gasteiger partial charge is 0.254 e. The number of nitrogens with zero attached hydrogens (tertiary/aromatic N) is 2. The van der Waals surface area contributed by atoms with Gasteiger partial charge in [0.15, 0.2) is 0 Å². The topological polar surface area (TPSA) is 58.6 Å². The normalized spacial score (nSPS) is 11.4. The average molecular weight is 285 g/mol. The summed E-state index contributed by atoms with van der Waals surface area (Å²) >= 11 is 1.63. The molecule has 0 unspecified atom stereocenters. The van der Waals surface area contributed by atoms with Gasteiger partial charge in [0.2, 0.25) is 0 Å². The molecule has 0 radical (unpaired) electrons. The first kappa shape index (κ1) is 13.0. The zero-order valence-corrected chi connectivity index (χ0v) is 12.4. The van der Waals surface area contributed by atoms with E-state index in [4.69, 9.17) is 0 Å². The summed E-state index contributed by atoms with van der Waals surface area (Å²) in [6, 6.07) is 3.99. The zero-order chi connectivity index (χ0) is 14.3. The third kappa shape index (κ3) is 2.14. The highest BCUT2D eigenvalue weighted by Crippen LogP contribution is 2.24. The quantitative estimate of drug-likeness (QED) is 0.784. The highest BCUT2D eigenvalue weighted by molar-refractivity contribution is 7.17. The van der Waals surface area contributed by atoms with Crippen molar-refractivity contribution in [3.8, 4) is 11.4 Å². The van der Waals surface area contributed by atoms with E-state index >= 15 is 0 Å². The van der Waals surface area contributed by atoms with Crippen molar-refractivity contribution in [1.29, 1.82) is 0 Å². The fraction of sp³-hybridized carbons (Fsp3) is 0.267. The minimum atomic E-state index is -0.0613. The van der Waals surface area contributed by atoms with Crippen LogP contribution in [-0.2, 0) is 0 Å². The SMILES string of the molecule is Cc1nc(-c2cnc3ccsc3c2)[nH]c(=O)c1C(C)C. The first-order valence-corrected chi connectivity index (χ1v) is 7.38. The van der Waals surface area contributed by atoms with Gasteiger partial charge < -0.3 is 4.98 Å². The largest absolute Gasteiger partial charge is 0.306 e. The van der Waals surface area contributed by atoms with Crippen LogP contribution in [-0.4, -0.2) is 15.0 Å². The summed E-state index contributed by atoms with van der Waals surface area (Å²) in [4.78, 5) is 24.0. The highest BCUT2D eigenvalue weighted by Gasteiger charge is 2.13. The Morgan fingerprint density at radius 1 is 1.35 bits per heavy atom. The molecule has 1 N–H and O–H groups in total. The monoisotopic (exact) mass is 285 g/mol. The number of aromatic amines is 1. The van der Waals surface area contributed by atoms with Gasteiger partial charge in [-0.1, -0.05) is 13.8 Å². The van der Waals surface area contributed by atoms with Crippen molar-refractivity contribution < 1.29 is 0 Å². The van der Waals surface area contributed by atoms with Crippen LogP contribution in [0.4, 0.5) is 0 Å². The van der Waals surface area contributed by atoms with Crippen molar-refractivity contribution in [3.05, 3.63) is 45.3 Å². The lowest BCUT2D eigenvalue weighted by molar-refractivity contribution is 0.815. The van der Waals surface area contributed by atoms with E-state index in [2.05, 4.69) is 15.0 Å². The third-order valence-electron chi connectivity index (χ3n) is 3.30. The molecule has 0 fully saturated rings. The van der Waals surface area contributed by atoms with Crippen LogP contribution < -0.4 is 5.56 Å². The van der Waals surface area contributed by atoms with Crippen molar-refractivity contribution in [2.75, 3.05) is 0 Å². The van der Waals surface area contributed by atoms with Crippen LogP contribution in [0.5, 0.6) is 0 Å². The number of aryl methyl sites for hydroxylation is 1. The Balaban J connectivity index is 2.17. The number of hydrogen-bond donors (Lipinski definition) is 1. The van der Waals surface area contributed by atoms with Gasteiger partial charge in [-0.15, -0.1) is 11.3 Å². The van der Waals surface area contributed by atoms with Gasteiger partial charge in [0.1, 0.15) is 5.82 Å². The number of pyridine rings is 1. The highest BCUT2D eigenvalue weighted by atomic mass is 32.1. The number of H-pyrrole nitrogens is 1. The molecule has 0 amide bonds. The fourth-order valence-corrected chi connectivity index (χ4v) is 3.17. The Bertz CT molecular complexity index is 832. The lowest BCUT2D eigenvalue weighted by Gasteiger charge is -2.09. The number of aromatic nitrogens is 3. The standard InChI is InChI=1S/C15H15N3OS/c1-8(2)13-9(3)17-14(18-15(13)19)10-6-12-11(16-7-10)4-5-20-12/h4-8H,1-3H3,(H,17,18,19). The molecule has 0 aliphatic carbocycles. The van der Waals surface area contributed by atoms with Gasteiger partial charge in [-0.3, -0.25) is 9.78 Å². The summed E-state index contributed by atoms with van der Waals surface area (Å²) < 4.78 is 1.09. The summed E-state index contributed by atoms with van der Waals surface area (Å²) in [5.41, 5.74) is 3.28. The maximum Gasteiger partial charge on any atom is 0.254 e. The molecule has 0 aliphatic heterocycles. The van der Waals surface area contributed by atoms with Gasteiger partial charge in [-0.05, 0) is 30.4 Å². The Labute approximate surface area is 120 Å². The molecule has 5 heteroatoms. The number of hydrogen-bond acceptors (Lipinski definition) is 4. The molecule has 0 aromatic carbocycles. The molecule has 20 heavy (non-hydrogen) atoms. The molecule has 4 nitrogen and oxygen atoms in total. The minimum absolute atomic E-state index is 0.0613. The van der Waals surface area contributed by atoms with Crippen molar-refractivity contribution in [2.45, 2.75) is 26.7 Å². The van der Waals surface area contributed by atoms with Crippen LogP contribution in [0.1, 0.15) is 31.0 Å². The maximum absolute atomic E-state index is 12.2. The fourth-order valence-electron chi connectivity index (χ4n) is 2.39. The molecular weight excluding hydrogens is 270 g/mol. The lowest BCUT2D eigenvalue weighted by Crippen LogP contribution is -2.18. The van der Waals surface area contributed by atoms with Crippen LogP contribution in [0, 0.1) is 6.92 Å². The minimum Gasteiger partial charge on any atom is -0.306 e. The number of nitrogens with one attached hydrogen (secondary N) is 1. The summed E-state index contributed by atoms with van der Waals surface area (Å²) in [6.45, 7) is 5.88. The summed E-state index contributed by atoms with van der Waals surface area (Å²) in [5, 5.41) is 2.00. The van der Waals surface area contributed by atoms with E-state index in [0.717, 1.165) is 27.0 Å². The maximum atomic E-state index is 12.2. The molecule has 0 spiro atoms. The second kappa shape index (κ2) is 4.83. The molecule has 3 rings (SSSR count). The Kier molecular flexibility index (Phi) is 3.14. The molecule has 0 saturated carbocycles. The average Bonchev–Trinajstić information content (AvgIpc) is 2.84. The molecule has 3 aromatic rings. The number of fused-ring (bicyclic) bond motifs is 1. The van der Waals surface area contributed by atoms with Gasteiger partial charge in [-0.2, -0.15) is 0 Å². The van der Waals surface area contributed by atoms with Crippen LogP contribution in [0.25, 0.3) is 21.6 Å². The molecule has 3 aromatic heterocycles. The van der Waals surface area contributed by atoms with Gasteiger partial charge in [-0.25, -0.2) is 4.98 Å². The van der Waals surface area contributed by atoms with Gasteiger partial charge in [0.05, 0.1) is 10.2 Å². The Hall–Kier alpha value is -2.01. The summed E-state index contributed by atoms with van der Waals surface area (Å²) in [5.74, 6) is 0.748. The predicted molar refractivity (Wildman–Crippen MR) is 82.3 cm³/mol. The summed E-state index contributed by atoms with van der Waals surface area (Å²) in [6.07, 6.45) is 1.75. The van der Waals surface area contributed by atoms with E-state index in [-0.39, 0.29) is 11.5 Å². The van der Waals surface area contributed by atoms with Gasteiger partial charge >= 0.3 is 0 Å². The van der Waals surface area contributed by atoms with E-state index in [1.54, 1.807) is 17.5 Å². The van der Waals surface area contributed by atoms with E-state index in [1.165, 1.54) is 0 Å². The van der Waals surface area contributed by atoms with Crippen LogP contribution in [0.15, 0.2) is 28.5 Å². The molecular formula is C15H15N3OS. The molecule has 102 valence electrons. The predicted octanol–water partition coefficient (Wildman–Crippen LogP) is 3.48. The van der Waals surface area contributed by atoms with Crippen LogP contribution >= 0.6 is 11.3 Å². The molecule has 3 heterocycles.